The molecule has 1 heterocycles. The topological polar surface area (TPSA) is 68.2 Å². The normalized spacial score (nSPS) is 11.8. The molecular weight excluding hydrogens is 554 g/mol. The molecule has 9 heteroatoms. The Balaban J connectivity index is 0.00000105. The van der Waals surface area contributed by atoms with E-state index in [0.29, 0.717) is 24.0 Å². The minimum Gasteiger partial charge on any atom is -0.386 e. The quantitative estimate of drug-likeness (QED) is 0.139. The van der Waals surface area contributed by atoms with E-state index in [0.717, 1.165) is 36.4 Å². The summed E-state index contributed by atoms with van der Waals surface area (Å²) in [7, 11) is 1.84. The zero-order valence-corrected chi connectivity index (χ0v) is 25.6. The van der Waals surface area contributed by atoms with Crippen molar-refractivity contribution in [1.82, 2.24) is 9.78 Å². The first-order valence-electron chi connectivity index (χ1n) is 13.8. The Kier molecular flexibility index (Phi) is 18.9. The number of halogens is 4. The maximum absolute atomic E-state index is 14.1. The van der Waals surface area contributed by atoms with E-state index in [1.807, 2.05) is 83.4 Å². The third-order valence-electron chi connectivity index (χ3n) is 5.41. The molecule has 3 N–H and O–H groups in total. The Morgan fingerprint density at radius 1 is 1.14 bits per heavy atom. The van der Waals surface area contributed by atoms with Gasteiger partial charge in [0.05, 0.1) is 11.4 Å². The zero-order valence-electron chi connectivity index (χ0n) is 25.6. The number of terminal acetylenes is 1. The lowest BCUT2D eigenvalue weighted by molar-refractivity contribution is -0.137. The molecule has 1 aromatic heterocycles. The number of aromatic nitrogens is 2. The van der Waals surface area contributed by atoms with E-state index in [4.69, 9.17) is 5.73 Å². The molecule has 0 aliphatic carbocycles. The molecule has 0 saturated carbocycles. The van der Waals surface area contributed by atoms with Crippen LogP contribution >= 0.6 is 0 Å². The number of aryl methyl sites for hydroxylation is 1. The van der Waals surface area contributed by atoms with Gasteiger partial charge in [0.1, 0.15) is 5.82 Å². The second-order valence-electron chi connectivity index (χ2n) is 8.77. The molecule has 1 unspecified atom stereocenters. The summed E-state index contributed by atoms with van der Waals surface area (Å²) in [4.78, 5) is 4.49. The van der Waals surface area contributed by atoms with Crippen LogP contribution in [0.15, 0.2) is 103 Å². The number of allylic oxidation sites excluding steroid dienone is 3. The summed E-state index contributed by atoms with van der Waals surface area (Å²) >= 11 is 0. The highest BCUT2D eigenvalue weighted by Crippen LogP contribution is 2.33. The van der Waals surface area contributed by atoms with Crippen LogP contribution in [-0.2, 0) is 19.6 Å². The first-order chi connectivity index (χ1) is 20.5. The zero-order chi connectivity index (χ0) is 32.8. The number of hydrogen-bond acceptors (Lipinski definition) is 4. The van der Waals surface area contributed by atoms with Crippen LogP contribution < -0.4 is 11.1 Å². The van der Waals surface area contributed by atoms with Crippen molar-refractivity contribution < 1.29 is 17.6 Å². The van der Waals surface area contributed by atoms with Gasteiger partial charge in [-0.25, -0.2) is 4.39 Å². The average molecular weight is 598 g/mol. The second kappa shape index (κ2) is 21.2. The number of nitrogens with one attached hydrogen (secondary N) is 1. The van der Waals surface area contributed by atoms with Crippen molar-refractivity contribution in [2.24, 2.45) is 17.8 Å². The van der Waals surface area contributed by atoms with Gasteiger partial charge in [0.2, 0.25) is 0 Å². The maximum atomic E-state index is 14.1. The molecule has 3 rings (SSSR count). The Morgan fingerprint density at radius 3 is 2.30 bits per heavy atom. The van der Waals surface area contributed by atoms with Gasteiger partial charge in [-0.2, -0.15) is 18.3 Å². The fourth-order valence-corrected chi connectivity index (χ4v) is 3.67. The standard InChI is InChI=1S/C24H25F4N.C6H10N4.C2H6.C2H2/c1-3-5-9-13-29-23(10-4-2)22(14-18-11-7-6-8-12-18)19-15-20(24(26,27)28)17-21(25)16-19;1-5(7)8-6-3-4-10(2)9-6;2*1-2/h4,6-13,15-17,22H,3,5,14H2,1-2H3;3-4H,1,7H2,2H3,(H,8,9);1-2H3;1-2H/b10-4-,13-9+,29-23-;;;. The van der Waals surface area contributed by atoms with Gasteiger partial charge < -0.3 is 11.1 Å². The molecule has 0 radical (unpaired) electrons. The smallest absolute Gasteiger partial charge is 0.386 e. The average Bonchev–Trinajstić information content (AvgIpc) is 3.39. The van der Waals surface area contributed by atoms with Crippen LogP contribution in [0.25, 0.3) is 0 Å². The number of nitrogens with two attached hydrogens (primary N) is 1. The third kappa shape index (κ3) is 15.3. The number of nitrogens with zero attached hydrogens (tertiary/aromatic N) is 3. The van der Waals surface area contributed by atoms with Gasteiger partial charge in [0.15, 0.2) is 5.82 Å². The highest BCUT2D eigenvalue weighted by atomic mass is 19.4. The molecule has 0 fully saturated rings. The van der Waals surface area contributed by atoms with Crippen LogP contribution in [0, 0.1) is 18.7 Å². The number of unbranched alkanes of at least 4 members (excludes halogenated alkanes) is 1. The summed E-state index contributed by atoms with van der Waals surface area (Å²) in [6, 6.07) is 13.9. The van der Waals surface area contributed by atoms with Gasteiger partial charge in [-0.3, -0.25) is 9.67 Å². The lowest BCUT2D eigenvalue weighted by atomic mass is 9.86. The molecule has 0 aliphatic heterocycles. The molecule has 0 bridgehead atoms. The largest absolute Gasteiger partial charge is 0.416 e. The van der Waals surface area contributed by atoms with Crippen molar-refractivity contribution in [2.75, 3.05) is 5.32 Å². The van der Waals surface area contributed by atoms with Crippen molar-refractivity contribution >= 4 is 11.5 Å². The fraction of sp³-hybridized carbons (Fsp3) is 0.294. The summed E-state index contributed by atoms with van der Waals surface area (Å²) in [6.07, 6.45) is 14.6. The van der Waals surface area contributed by atoms with Gasteiger partial charge in [-0.05, 0) is 55.2 Å². The molecule has 43 heavy (non-hydrogen) atoms. The Morgan fingerprint density at radius 2 is 1.79 bits per heavy atom. The first-order valence-corrected chi connectivity index (χ1v) is 13.8. The highest BCUT2D eigenvalue weighted by molar-refractivity contribution is 6.00. The fourth-order valence-electron chi connectivity index (χ4n) is 3.67. The number of alkyl halides is 3. The molecule has 2 aromatic carbocycles. The number of aliphatic imine (C=N–C) groups is 1. The van der Waals surface area contributed by atoms with Crippen LogP contribution in [0.3, 0.4) is 0 Å². The molecule has 5 nitrogen and oxygen atoms in total. The Hall–Kier alpha value is -4.58. The number of anilines is 1. The monoisotopic (exact) mass is 597 g/mol. The molecule has 0 aliphatic rings. The van der Waals surface area contributed by atoms with Crippen LogP contribution in [0.1, 0.15) is 63.1 Å². The molecule has 1 atom stereocenters. The summed E-state index contributed by atoms with van der Waals surface area (Å²) in [5.41, 5.74) is 6.06. The second-order valence-corrected chi connectivity index (χ2v) is 8.77. The summed E-state index contributed by atoms with van der Waals surface area (Å²) in [6.45, 7) is 11.3. The minimum absolute atomic E-state index is 0.252. The van der Waals surface area contributed by atoms with Crippen molar-refractivity contribution in [3.8, 4) is 12.8 Å². The van der Waals surface area contributed by atoms with E-state index in [-0.39, 0.29) is 5.56 Å². The van der Waals surface area contributed by atoms with Gasteiger partial charge >= 0.3 is 6.18 Å². The molecule has 0 amide bonds. The van der Waals surface area contributed by atoms with Crippen LogP contribution in [0.2, 0.25) is 0 Å². The van der Waals surface area contributed by atoms with E-state index in [2.05, 4.69) is 34.8 Å². The first kappa shape index (κ1) is 38.4. The highest BCUT2D eigenvalue weighted by Gasteiger charge is 2.32. The van der Waals surface area contributed by atoms with Crippen molar-refractivity contribution in [1.29, 1.82) is 0 Å². The van der Waals surface area contributed by atoms with Crippen LogP contribution in [0.5, 0.6) is 0 Å². The predicted molar refractivity (Wildman–Crippen MR) is 172 cm³/mol. The molecular formula is C34H43F4N5. The van der Waals surface area contributed by atoms with Crippen molar-refractivity contribution in [2.45, 2.75) is 59.1 Å². The summed E-state index contributed by atoms with van der Waals surface area (Å²) in [5, 5.41) is 6.79. The Labute approximate surface area is 253 Å². The Bertz CT molecular complexity index is 1320. The summed E-state index contributed by atoms with van der Waals surface area (Å²) < 4.78 is 55.5. The predicted octanol–water partition coefficient (Wildman–Crippen LogP) is 9.04. The summed E-state index contributed by atoms with van der Waals surface area (Å²) in [5.74, 6) is -0.306. The molecule has 3 aromatic rings. The number of benzene rings is 2. The molecule has 232 valence electrons. The van der Waals surface area contributed by atoms with E-state index >= 15 is 0 Å². The van der Waals surface area contributed by atoms with Crippen LogP contribution in [-0.4, -0.2) is 15.5 Å². The van der Waals surface area contributed by atoms with E-state index in [9.17, 15) is 17.6 Å². The van der Waals surface area contributed by atoms with E-state index < -0.39 is 23.5 Å². The van der Waals surface area contributed by atoms with Gasteiger partial charge in [0.25, 0.3) is 0 Å². The van der Waals surface area contributed by atoms with E-state index in [1.54, 1.807) is 23.0 Å². The SMILES string of the molecule is C#C.C=C(N)Nc1ccn(C)n1.CC.C\C=C/C(=N/C=C/CCC)C(Cc1ccccc1)c1cc(F)cc(C(F)(F)F)c1. The maximum Gasteiger partial charge on any atom is 0.416 e. The third-order valence-corrected chi connectivity index (χ3v) is 5.41. The van der Waals surface area contributed by atoms with E-state index in [1.165, 1.54) is 0 Å². The van der Waals surface area contributed by atoms with Gasteiger partial charge in [-0.15, -0.1) is 12.8 Å². The van der Waals surface area contributed by atoms with Crippen LogP contribution in [0.4, 0.5) is 23.4 Å². The minimum atomic E-state index is -4.62. The number of rotatable bonds is 10. The van der Waals surface area contributed by atoms with Crippen molar-refractivity contribution in [3.63, 3.8) is 0 Å². The molecule has 0 spiro atoms. The van der Waals surface area contributed by atoms with Gasteiger partial charge in [-0.1, -0.05) is 76.3 Å². The lowest BCUT2D eigenvalue weighted by Crippen LogP contribution is -2.16. The molecule has 0 saturated heterocycles. The van der Waals surface area contributed by atoms with Gasteiger partial charge in [0, 0.05) is 37.1 Å². The van der Waals surface area contributed by atoms with Crippen molar-refractivity contribution in [3.05, 3.63) is 120 Å². The number of hydrogen-bond donors (Lipinski definition) is 2. The lowest BCUT2D eigenvalue weighted by Gasteiger charge is -2.20.